The number of imidazole rings is 1. The van der Waals surface area contributed by atoms with Crippen LogP contribution in [0.5, 0.6) is 0 Å². The van der Waals surface area contributed by atoms with Gasteiger partial charge in [-0.1, -0.05) is 0 Å². The number of fused-ring (bicyclic) bond motifs is 1. The Morgan fingerprint density at radius 3 is 3.04 bits per heavy atom. The smallest absolute Gasteiger partial charge is 0.141 e. The average molecular weight is 385 g/mol. The van der Waals surface area contributed by atoms with Gasteiger partial charge >= 0.3 is 0 Å². The van der Waals surface area contributed by atoms with Gasteiger partial charge in [-0.25, -0.2) is 15.0 Å². The molecular formula is C20H28N6S. The molecular weight excluding hydrogens is 356 g/mol. The van der Waals surface area contributed by atoms with Crippen molar-refractivity contribution >= 4 is 27.4 Å². The van der Waals surface area contributed by atoms with Crippen molar-refractivity contribution in [1.29, 1.82) is 0 Å². The molecule has 0 radical (unpaired) electrons. The molecule has 3 aromatic rings. The summed E-state index contributed by atoms with van der Waals surface area (Å²) in [6.07, 6.45) is 7.60. The van der Waals surface area contributed by atoms with Crippen LogP contribution in [0.2, 0.25) is 0 Å². The maximum absolute atomic E-state index is 4.79. The minimum Gasteiger partial charge on any atom is -0.355 e. The van der Waals surface area contributed by atoms with Gasteiger partial charge in [-0.2, -0.15) is 0 Å². The summed E-state index contributed by atoms with van der Waals surface area (Å²) in [5, 5.41) is 3.29. The second-order valence-electron chi connectivity index (χ2n) is 7.65. The van der Waals surface area contributed by atoms with Crippen LogP contribution in [0.15, 0.2) is 23.8 Å². The van der Waals surface area contributed by atoms with E-state index in [2.05, 4.69) is 51.1 Å². The number of aryl methyl sites for hydroxylation is 2. The van der Waals surface area contributed by atoms with Crippen molar-refractivity contribution in [2.75, 3.05) is 38.6 Å². The number of aromatic nitrogens is 4. The number of piperidine rings is 1. The molecule has 1 saturated heterocycles. The Balaban J connectivity index is 1.54. The number of anilines is 1. The Bertz CT molecular complexity index is 899. The highest BCUT2D eigenvalue weighted by molar-refractivity contribution is 7.16. The summed E-state index contributed by atoms with van der Waals surface area (Å²) in [7, 11) is 4.26. The van der Waals surface area contributed by atoms with Gasteiger partial charge in [-0.05, 0) is 58.3 Å². The first kappa shape index (κ1) is 18.4. The summed E-state index contributed by atoms with van der Waals surface area (Å²) in [6, 6.07) is 2.15. The Morgan fingerprint density at radius 1 is 1.30 bits per heavy atom. The molecule has 1 atom stereocenters. The van der Waals surface area contributed by atoms with E-state index in [4.69, 9.17) is 9.97 Å². The van der Waals surface area contributed by atoms with E-state index in [0.717, 1.165) is 49.1 Å². The van der Waals surface area contributed by atoms with Gasteiger partial charge in [0.1, 0.15) is 22.3 Å². The lowest BCUT2D eigenvalue weighted by Crippen LogP contribution is -2.36. The minimum atomic E-state index is 0.456. The summed E-state index contributed by atoms with van der Waals surface area (Å²) >= 11 is 1.69. The third-order valence-electron chi connectivity index (χ3n) is 5.25. The van der Waals surface area contributed by atoms with Crippen LogP contribution in [-0.4, -0.2) is 58.1 Å². The van der Waals surface area contributed by atoms with Gasteiger partial charge in [0.25, 0.3) is 0 Å². The van der Waals surface area contributed by atoms with Crippen LogP contribution in [-0.2, 0) is 6.54 Å². The van der Waals surface area contributed by atoms with Gasteiger partial charge in [-0.15, -0.1) is 11.3 Å². The fourth-order valence-corrected chi connectivity index (χ4v) is 4.80. The van der Waals surface area contributed by atoms with E-state index < -0.39 is 0 Å². The zero-order valence-electron chi connectivity index (χ0n) is 16.4. The van der Waals surface area contributed by atoms with Crippen molar-refractivity contribution in [2.24, 2.45) is 0 Å². The normalized spacial score (nSPS) is 17.9. The molecule has 0 amide bonds. The summed E-state index contributed by atoms with van der Waals surface area (Å²) in [4.78, 5) is 19.9. The van der Waals surface area contributed by atoms with Crippen LogP contribution >= 0.6 is 11.3 Å². The molecule has 0 saturated carbocycles. The van der Waals surface area contributed by atoms with E-state index >= 15 is 0 Å². The molecule has 1 aliphatic rings. The highest BCUT2D eigenvalue weighted by Crippen LogP contribution is 2.33. The number of hydrogen-bond donors (Lipinski definition) is 0. The third-order valence-corrected chi connectivity index (χ3v) is 6.06. The first-order valence-corrected chi connectivity index (χ1v) is 10.6. The first-order valence-electron chi connectivity index (χ1n) is 9.74. The maximum atomic E-state index is 4.79. The summed E-state index contributed by atoms with van der Waals surface area (Å²) < 4.78 is 2.35. The van der Waals surface area contributed by atoms with Crippen molar-refractivity contribution in [3.63, 3.8) is 0 Å². The summed E-state index contributed by atoms with van der Waals surface area (Å²) in [5.74, 6) is 3.63. The highest BCUT2D eigenvalue weighted by Gasteiger charge is 2.27. The molecule has 0 spiro atoms. The van der Waals surface area contributed by atoms with E-state index in [-0.39, 0.29) is 0 Å². The molecule has 4 heterocycles. The van der Waals surface area contributed by atoms with Gasteiger partial charge in [-0.3, -0.25) is 0 Å². The molecule has 0 N–H and O–H groups in total. The second-order valence-corrected chi connectivity index (χ2v) is 8.55. The molecule has 6 nitrogen and oxygen atoms in total. The van der Waals surface area contributed by atoms with Gasteiger partial charge < -0.3 is 14.4 Å². The van der Waals surface area contributed by atoms with Crippen molar-refractivity contribution in [3.8, 4) is 0 Å². The number of nitrogens with zero attached hydrogens (tertiary/aromatic N) is 6. The lowest BCUT2D eigenvalue weighted by atomic mass is 9.97. The van der Waals surface area contributed by atoms with Gasteiger partial charge in [0.15, 0.2) is 0 Å². The van der Waals surface area contributed by atoms with Crippen LogP contribution in [0.3, 0.4) is 0 Å². The predicted octanol–water partition coefficient (Wildman–Crippen LogP) is 3.53. The Kier molecular flexibility index (Phi) is 5.41. The van der Waals surface area contributed by atoms with Gasteiger partial charge in [0.05, 0.1) is 5.39 Å². The lowest BCUT2D eigenvalue weighted by Gasteiger charge is -2.34. The zero-order chi connectivity index (χ0) is 18.8. The maximum Gasteiger partial charge on any atom is 0.141 e. The molecule has 144 valence electrons. The SMILES string of the molecule is Cc1nc(N2CCCC(c3nccn3CCCN(C)C)C2)c2ccsc2n1. The monoisotopic (exact) mass is 384 g/mol. The fraction of sp³-hybridized carbons (Fsp3) is 0.550. The van der Waals surface area contributed by atoms with Crippen LogP contribution in [0.4, 0.5) is 5.82 Å². The van der Waals surface area contributed by atoms with Crippen molar-refractivity contribution in [2.45, 2.75) is 38.6 Å². The number of hydrogen-bond acceptors (Lipinski definition) is 6. The predicted molar refractivity (Wildman–Crippen MR) is 112 cm³/mol. The number of thiophene rings is 1. The fourth-order valence-electron chi connectivity index (χ4n) is 3.99. The molecule has 27 heavy (non-hydrogen) atoms. The van der Waals surface area contributed by atoms with Crippen molar-refractivity contribution < 1.29 is 0 Å². The van der Waals surface area contributed by atoms with Crippen LogP contribution in [0, 0.1) is 6.92 Å². The Morgan fingerprint density at radius 2 is 2.19 bits per heavy atom. The summed E-state index contributed by atoms with van der Waals surface area (Å²) in [5.41, 5.74) is 0. The van der Waals surface area contributed by atoms with E-state index in [9.17, 15) is 0 Å². The second kappa shape index (κ2) is 7.94. The summed E-state index contributed by atoms with van der Waals surface area (Å²) in [6.45, 7) is 6.16. The molecule has 1 aliphatic heterocycles. The standard InChI is InChI=1S/C20H28N6S/c1-15-22-19(17-7-13-27-20(17)23-15)26-10-4-6-16(14-26)18-21-8-12-25(18)11-5-9-24(2)3/h7-8,12-13,16H,4-6,9-11,14H2,1-3H3. The molecule has 1 unspecified atom stereocenters. The highest BCUT2D eigenvalue weighted by atomic mass is 32.1. The molecule has 3 aromatic heterocycles. The molecule has 1 fully saturated rings. The lowest BCUT2D eigenvalue weighted by molar-refractivity contribution is 0.380. The van der Waals surface area contributed by atoms with Crippen molar-refractivity contribution in [3.05, 3.63) is 35.5 Å². The van der Waals surface area contributed by atoms with Gasteiger partial charge in [0.2, 0.25) is 0 Å². The van der Waals surface area contributed by atoms with E-state index in [1.165, 1.54) is 24.1 Å². The average Bonchev–Trinajstić information content (AvgIpc) is 3.30. The Labute approximate surface area is 164 Å². The zero-order valence-corrected chi connectivity index (χ0v) is 17.2. The van der Waals surface area contributed by atoms with Gasteiger partial charge in [0, 0.05) is 37.9 Å². The van der Waals surface area contributed by atoms with E-state index in [1.807, 2.05) is 13.1 Å². The number of rotatable bonds is 6. The quantitative estimate of drug-likeness (QED) is 0.651. The van der Waals surface area contributed by atoms with Crippen molar-refractivity contribution in [1.82, 2.24) is 24.4 Å². The largest absolute Gasteiger partial charge is 0.355 e. The molecule has 0 aliphatic carbocycles. The Hall–Kier alpha value is -1.99. The first-order chi connectivity index (χ1) is 13.1. The van der Waals surface area contributed by atoms with Crippen LogP contribution < -0.4 is 4.90 Å². The molecule has 0 bridgehead atoms. The molecule has 7 heteroatoms. The molecule has 4 rings (SSSR count). The van der Waals surface area contributed by atoms with E-state index in [0.29, 0.717) is 5.92 Å². The van der Waals surface area contributed by atoms with Crippen LogP contribution in [0.25, 0.3) is 10.2 Å². The topological polar surface area (TPSA) is 50.1 Å². The van der Waals surface area contributed by atoms with E-state index in [1.54, 1.807) is 11.3 Å². The third kappa shape index (κ3) is 3.99. The van der Waals surface area contributed by atoms with Crippen LogP contribution in [0.1, 0.15) is 36.8 Å². The molecule has 0 aromatic carbocycles. The minimum absolute atomic E-state index is 0.456.